The van der Waals surface area contributed by atoms with Crippen LogP contribution in [-0.4, -0.2) is 25.7 Å². The van der Waals surface area contributed by atoms with Crippen LogP contribution in [0.25, 0.3) is 0 Å². The van der Waals surface area contributed by atoms with Gasteiger partial charge in [-0.25, -0.2) is 9.59 Å². The third-order valence-electron chi connectivity index (χ3n) is 1.70. The highest BCUT2D eigenvalue weighted by atomic mass is 16.6. The van der Waals surface area contributed by atoms with Gasteiger partial charge >= 0.3 is 11.9 Å². The number of methoxy groups -OCH3 is 1. The van der Waals surface area contributed by atoms with E-state index in [1.54, 1.807) is 12.1 Å². The molecule has 86 valence electrons. The van der Waals surface area contributed by atoms with E-state index >= 15 is 0 Å². The Morgan fingerprint density at radius 3 is 2.12 bits per heavy atom. The molecule has 0 aliphatic rings. The van der Waals surface area contributed by atoms with Crippen LogP contribution in [0.5, 0.6) is 11.5 Å². The summed E-state index contributed by atoms with van der Waals surface area (Å²) in [5.74, 6) is -1.15. The first-order valence-electron chi connectivity index (χ1n) is 4.70. The average molecular weight is 224 g/mol. The molecule has 0 saturated carbocycles. The Morgan fingerprint density at radius 1 is 1.06 bits per heavy atom. The van der Waals surface area contributed by atoms with E-state index in [4.69, 9.17) is 9.47 Å². The summed E-state index contributed by atoms with van der Waals surface area (Å²) in [4.78, 5) is 21.8. The normalized spacial score (nSPS) is 9.38. The summed E-state index contributed by atoms with van der Waals surface area (Å²) in [5.41, 5.74) is 0. The lowest BCUT2D eigenvalue weighted by molar-refractivity contribution is -0.160. The highest BCUT2D eigenvalue weighted by Crippen LogP contribution is 2.17. The molecule has 0 saturated heterocycles. The zero-order chi connectivity index (χ0) is 12.0. The van der Waals surface area contributed by atoms with Crippen LogP contribution in [0.4, 0.5) is 0 Å². The first kappa shape index (κ1) is 12.0. The third kappa shape index (κ3) is 3.27. The van der Waals surface area contributed by atoms with Gasteiger partial charge < -0.3 is 14.2 Å². The Labute approximate surface area is 92.9 Å². The highest BCUT2D eigenvalue weighted by Gasteiger charge is 2.16. The van der Waals surface area contributed by atoms with E-state index in [0.29, 0.717) is 12.4 Å². The molecule has 0 heterocycles. The molecule has 0 bridgehead atoms. The van der Waals surface area contributed by atoms with Crippen LogP contribution in [0.1, 0.15) is 6.92 Å². The van der Waals surface area contributed by atoms with E-state index < -0.39 is 11.9 Å². The van der Waals surface area contributed by atoms with Crippen LogP contribution in [-0.2, 0) is 14.3 Å². The summed E-state index contributed by atoms with van der Waals surface area (Å²) < 4.78 is 14.1. The Morgan fingerprint density at radius 2 is 1.62 bits per heavy atom. The third-order valence-corrected chi connectivity index (χ3v) is 1.70. The van der Waals surface area contributed by atoms with Crippen molar-refractivity contribution in [2.24, 2.45) is 0 Å². The van der Waals surface area contributed by atoms with Gasteiger partial charge in [-0.05, 0) is 31.2 Å². The van der Waals surface area contributed by atoms with Crippen molar-refractivity contribution in [2.45, 2.75) is 6.92 Å². The minimum Gasteiger partial charge on any atom is -0.494 e. The van der Waals surface area contributed by atoms with Gasteiger partial charge in [0.15, 0.2) is 0 Å². The molecule has 5 heteroatoms. The Hall–Kier alpha value is -2.04. The van der Waals surface area contributed by atoms with E-state index in [2.05, 4.69) is 4.74 Å². The summed E-state index contributed by atoms with van der Waals surface area (Å²) in [6, 6.07) is 6.35. The molecule has 0 spiro atoms. The van der Waals surface area contributed by atoms with Crippen LogP contribution >= 0.6 is 0 Å². The lowest BCUT2D eigenvalue weighted by Gasteiger charge is -2.05. The van der Waals surface area contributed by atoms with E-state index in [1.165, 1.54) is 12.1 Å². The molecule has 1 rings (SSSR count). The van der Waals surface area contributed by atoms with Gasteiger partial charge in [0.1, 0.15) is 11.5 Å². The first-order chi connectivity index (χ1) is 7.67. The fourth-order valence-corrected chi connectivity index (χ4v) is 1.00. The number of hydrogen-bond acceptors (Lipinski definition) is 5. The second kappa shape index (κ2) is 5.75. The second-order valence-corrected chi connectivity index (χ2v) is 2.79. The number of benzene rings is 1. The van der Waals surface area contributed by atoms with Crippen molar-refractivity contribution < 1.29 is 23.8 Å². The molecule has 0 atom stereocenters. The average Bonchev–Trinajstić information content (AvgIpc) is 2.31. The van der Waals surface area contributed by atoms with Gasteiger partial charge in [0, 0.05) is 0 Å². The highest BCUT2D eigenvalue weighted by molar-refractivity contribution is 6.30. The molecule has 1 aromatic carbocycles. The van der Waals surface area contributed by atoms with Crippen molar-refractivity contribution in [1.29, 1.82) is 0 Å². The molecule has 0 aliphatic heterocycles. The molecule has 0 radical (unpaired) electrons. The maximum Gasteiger partial charge on any atom is 0.422 e. The number of ether oxygens (including phenoxy) is 3. The maximum absolute atomic E-state index is 11.0. The summed E-state index contributed by atoms with van der Waals surface area (Å²) >= 11 is 0. The van der Waals surface area contributed by atoms with E-state index in [1.807, 2.05) is 6.92 Å². The van der Waals surface area contributed by atoms with Crippen LogP contribution in [0.15, 0.2) is 24.3 Å². The number of carbonyl (C=O) groups is 2. The minimum absolute atomic E-state index is 0.263. The molecule has 0 fully saturated rings. The SMILES string of the molecule is CCOc1ccc(OC(=O)C(=O)OC)cc1. The van der Waals surface area contributed by atoms with Crippen molar-refractivity contribution >= 4 is 11.9 Å². The summed E-state index contributed by atoms with van der Waals surface area (Å²) in [6.45, 7) is 2.42. The molecular weight excluding hydrogens is 212 g/mol. The van der Waals surface area contributed by atoms with Crippen molar-refractivity contribution in [3.05, 3.63) is 24.3 Å². The Balaban J connectivity index is 2.61. The molecule has 16 heavy (non-hydrogen) atoms. The Bertz CT molecular complexity index is 368. The molecule has 0 unspecified atom stereocenters. The van der Waals surface area contributed by atoms with Crippen molar-refractivity contribution in [1.82, 2.24) is 0 Å². The number of esters is 2. The van der Waals surface area contributed by atoms with E-state index in [0.717, 1.165) is 7.11 Å². The monoisotopic (exact) mass is 224 g/mol. The molecule has 0 amide bonds. The number of carbonyl (C=O) groups excluding carboxylic acids is 2. The van der Waals surface area contributed by atoms with Crippen LogP contribution in [0, 0.1) is 0 Å². The second-order valence-electron chi connectivity index (χ2n) is 2.79. The zero-order valence-electron chi connectivity index (χ0n) is 9.06. The van der Waals surface area contributed by atoms with Crippen molar-refractivity contribution in [3.8, 4) is 11.5 Å². The molecule has 1 aromatic rings. The molecule has 0 aromatic heterocycles. The fraction of sp³-hybridized carbons (Fsp3) is 0.273. The zero-order valence-corrected chi connectivity index (χ0v) is 9.06. The standard InChI is InChI=1S/C11H12O5/c1-3-15-8-4-6-9(7-5-8)16-11(13)10(12)14-2/h4-7H,3H2,1-2H3. The number of hydrogen-bond donors (Lipinski definition) is 0. The van der Waals surface area contributed by atoms with E-state index in [9.17, 15) is 9.59 Å². The smallest absolute Gasteiger partial charge is 0.422 e. The van der Waals surface area contributed by atoms with Crippen LogP contribution < -0.4 is 9.47 Å². The van der Waals surface area contributed by atoms with Crippen molar-refractivity contribution in [3.63, 3.8) is 0 Å². The summed E-state index contributed by atoms with van der Waals surface area (Å²) in [5, 5.41) is 0. The van der Waals surface area contributed by atoms with Gasteiger partial charge in [-0.3, -0.25) is 0 Å². The molecule has 0 N–H and O–H groups in total. The molecule has 0 aliphatic carbocycles. The number of rotatable bonds is 3. The maximum atomic E-state index is 11.0. The first-order valence-corrected chi connectivity index (χ1v) is 4.70. The van der Waals surface area contributed by atoms with Gasteiger partial charge in [-0.2, -0.15) is 0 Å². The largest absolute Gasteiger partial charge is 0.494 e. The Kier molecular flexibility index (Phi) is 4.32. The van der Waals surface area contributed by atoms with Crippen molar-refractivity contribution in [2.75, 3.05) is 13.7 Å². The van der Waals surface area contributed by atoms with E-state index in [-0.39, 0.29) is 5.75 Å². The van der Waals surface area contributed by atoms with Gasteiger partial charge in [0.25, 0.3) is 0 Å². The molecule has 5 nitrogen and oxygen atoms in total. The van der Waals surface area contributed by atoms with Crippen LogP contribution in [0.2, 0.25) is 0 Å². The van der Waals surface area contributed by atoms with Crippen LogP contribution in [0.3, 0.4) is 0 Å². The predicted molar refractivity (Wildman–Crippen MR) is 55.3 cm³/mol. The minimum atomic E-state index is -1.05. The predicted octanol–water partition coefficient (Wildman–Crippen LogP) is 1.16. The lowest BCUT2D eigenvalue weighted by Crippen LogP contribution is -2.21. The van der Waals surface area contributed by atoms with Gasteiger partial charge in [-0.1, -0.05) is 0 Å². The lowest BCUT2D eigenvalue weighted by atomic mass is 10.3. The topological polar surface area (TPSA) is 61.8 Å². The molecular formula is C11H12O5. The summed E-state index contributed by atoms with van der Waals surface area (Å²) in [7, 11) is 1.11. The quantitative estimate of drug-likeness (QED) is 0.438. The van der Waals surface area contributed by atoms with Gasteiger partial charge in [0.2, 0.25) is 0 Å². The van der Waals surface area contributed by atoms with Gasteiger partial charge in [-0.15, -0.1) is 0 Å². The van der Waals surface area contributed by atoms with Gasteiger partial charge in [0.05, 0.1) is 13.7 Å². The fourth-order valence-electron chi connectivity index (χ4n) is 1.00. The summed E-state index contributed by atoms with van der Waals surface area (Å²) in [6.07, 6.45) is 0.